The van der Waals surface area contributed by atoms with Crippen molar-refractivity contribution in [3.05, 3.63) is 35.4 Å². The van der Waals surface area contributed by atoms with Gasteiger partial charge in [0.2, 0.25) is 0 Å². The molecule has 0 aliphatic heterocycles. The first kappa shape index (κ1) is 15.0. The van der Waals surface area contributed by atoms with E-state index in [2.05, 4.69) is 10.6 Å². The molecular formula is C13H19F3N2. The zero-order chi connectivity index (χ0) is 13.4. The molecule has 2 nitrogen and oxygen atoms in total. The van der Waals surface area contributed by atoms with Gasteiger partial charge in [-0.15, -0.1) is 0 Å². The lowest BCUT2D eigenvalue weighted by atomic mass is 10.1. The van der Waals surface area contributed by atoms with Crippen LogP contribution in [0.5, 0.6) is 0 Å². The highest BCUT2D eigenvalue weighted by Crippen LogP contribution is 2.29. The average Bonchev–Trinajstić information content (AvgIpc) is 2.33. The molecule has 0 saturated carbocycles. The summed E-state index contributed by atoms with van der Waals surface area (Å²) in [4.78, 5) is 0. The second-order valence-corrected chi connectivity index (χ2v) is 4.15. The third kappa shape index (κ3) is 5.51. The van der Waals surface area contributed by atoms with E-state index in [9.17, 15) is 13.2 Å². The predicted octanol–water partition coefficient (Wildman–Crippen LogP) is 2.45. The molecule has 0 spiro atoms. The Labute approximate surface area is 106 Å². The highest BCUT2D eigenvalue weighted by molar-refractivity contribution is 5.24. The lowest BCUT2D eigenvalue weighted by molar-refractivity contribution is -0.137. The molecule has 0 bridgehead atoms. The van der Waals surface area contributed by atoms with Crippen LogP contribution in [0, 0.1) is 0 Å². The van der Waals surface area contributed by atoms with Gasteiger partial charge in [-0.2, -0.15) is 13.2 Å². The summed E-state index contributed by atoms with van der Waals surface area (Å²) in [6.45, 7) is 2.67. The average molecular weight is 260 g/mol. The molecule has 1 aromatic rings. The maximum absolute atomic E-state index is 12.3. The number of benzene rings is 1. The van der Waals surface area contributed by atoms with E-state index >= 15 is 0 Å². The van der Waals surface area contributed by atoms with Gasteiger partial charge in [-0.05, 0) is 57.2 Å². The van der Waals surface area contributed by atoms with E-state index in [1.54, 1.807) is 0 Å². The van der Waals surface area contributed by atoms with Crippen molar-refractivity contribution < 1.29 is 13.2 Å². The van der Waals surface area contributed by atoms with Crippen LogP contribution < -0.4 is 10.6 Å². The first-order chi connectivity index (χ1) is 8.54. The normalized spacial score (nSPS) is 11.8. The highest BCUT2D eigenvalue weighted by atomic mass is 19.4. The van der Waals surface area contributed by atoms with Crippen LogP contribution in [0.15, 0.2) is 24.3 Å². The van der Waals surface area contributed by atoms with Crippen molar-refractivity contribution in [1.82, 2.24) is 10.6 Å². The van der Waals surface area contributed by atoms with Crippen molar-refractivity contribution in [3.63, 3.8) is 0 Å². The maximum Gasteiger partial charge on any atom is 0.416 e. The van der Waals surface area contributed by atoms with Gasteiger partial charge in [0.1, 0.15) is 0 Å². The number of halogens is 3. The first-order valence-electron chi connectivity index (χ1n) is 6.05. The molecular weight excluding hydrogens is 241 g/mol. The van der Waals surface area contributed by atoms with Gasteiger partial charge in [0.15, 0.2) is 0 Å². The molecule has 0 saturated heterocycles. The maximum atomic E-state index is 12.3. The molecule has 0 amide bonds. The van der Waals surface area contributed by atoms with Gasteiger partial charge in [-0.25, -0.2) is 0 Å². The van der Waals surface area contributed by atoms with E-state index < -0.39 is 11.7 Å². The Morgan fingerprint density at radius 1 is 1.00 bits per heavy atom. The third-order valence-corrected chi connectivity index (χ3v) is 2.65. The van der Waals surface area contributed by atoms with E-state index in [4.69, 9.17) is 0 Å². The summed E-state index contributed by atoms with van der Waals surface area (Å²) in [6.07, 6.45) is -2.45. The van der Waals surface area contributed by atoms with Gasteiger partial charge in [-0.3, -0.25) is 0 Å². The molecule has 5 heteroatoms. The van der Waals surface area contributed by atoms with Crippen molar-refractivity contribution in [1.29, 1.82) is 0 Å². The molecule has 2 N–H and O–H groups in total. The van der Waals surface area contributed by atoms with Crippen molar-refractivity contribution in [2.75, 3.05) is 26.7 Å². The lowest BCUT2D eigenvalue weighted by Gasteiger charge is -2.08. The van der Waals surface area contributed by atoms with Gasteiger partial charge in [0.25, 0.3) is 0 Å². The molecule has 0 atom stereocenters. The van der Waals surface area contributed by atoms with Crippen molar-refractivity contribution in [3.8, 4) is 0 Å². The number of nitrogens with one attached hydrogen (secondary N) is 2. The van der Waals surface area contributed by atoms with Crippen molar-refractivity contribution in [2.24, 2.45) is 0 Å². The van der Waals surface area contributed by atoms with Crippen LogP contribution in [0.2, 0.25) is 0 Å². The highest BCUT2D eigenvalue weighted by Gasteiger charge is 2.29. The second-order valence-electron chi connectivity index (χ2n) is 4.15. The predicted molar refractivity (Wildman–Crippen MR) is 66.6 cm³/mol. The number of alkyl halides is 3. The molecule has 0 aromatic heterocycles. The monoisotopic (exact) mass is 260 g/mol. The Kier molecular flexibility index (Phi) is 6.15. The van der Waals surface area contributed by atoms with Crippen LogP contribution in [-0.2, 0) is 12.6 Å². The molecule has 0 radical (unpaired) electrons. The van der Waals surface area contributed by atoms with Crippen LogP contribution in [0.25, 0.3) is 0 Å². The van der Waals surface area contributed by atoms with Gasteiger partial charge in [0.05, 0.1) is 5.56 Å². The lowest BCUT2D eigenvalue weighted by Crippen LogP contribution is -2.21. The minimum atomic E-state index is -4.25. The zero-order valence-electron chi connectivity index (χ0n) is 10.5. The smallest absolute Gasteiger partial charge is 0.320 e. The van der Waals surface area contributed by atoms with Crippen LogP contribution in [0.3, 0.4) is 0 Å². The number of hydrogen-bond donors (Lipinski definition) is 2. The third-order valence-electron chi connectivity index (χ3n) is 2.65. The molecule has 1 aromatic carbocycles. The van der Waals surface area contributed by atoms with Crippen LogP contribution in [0.1, 0.15) is 17.5 Å². The fraction of sp³-hybridized carbons (Fsp3) is 0.538. The van der Waals surface area contributed by atoms with E-state index in [0.29, 0.717) is 0 Å². The Balaban J connectivity index is 2.27. The fourth-order valence-corrected chi connectivity index (χ4v) is 1.61. The molecule has 0 aliphatic carbocycles. The van der Waals surface area contributed by atoms with Gasteiger partial charge < -0.3 is 10.6 Å². The standard InChI is InChI=1S/C13H19F3N2/c1-17-8-2-9-18-10-7-11-3-5-12(6-4-11)13(14,15)16/h3-6,17-18H,2,7-10H2,1H3. The van der Waals surface area contributed by atoms with Gasteiger partial charge in [0, 0.05) is 0 Å². The Hall–Kier alpha value is -1.07. The van der Waals surface area contributed by atoms with Crippen LogP contribution in [0.4, 0.5) is 13.2 Å². The topological polar surface area (TPSA) is 24.1 Å². The van der Waals surface area contributed by atoms with E-state index in [-0.39, 0.29) is 0 Å². The first-order valence-corrected chi connectivity index (χ1v) is 6.05. The minimum absolute atomic E-state index is 0.590. The molecule has 0 heterocycles. The number of hydrogen-bond acceptors (Lipinski definition) is 2. The van der Waals surface area contributed by atoms with E-state index in [1.807, 2.05) is 7.05 Å². The summed E-state index contributed by atoms with van der Waals surface area (Å²) < 4.78 is 37.0. The van der Waals surface area contributed by atoms with E-state index in [0.717, 1.165) is 50.2 Å². The Morgan fingerprint density at radius 3 is 2.22 bits per heavy atom. The van der Waals surface area contributed by atoms with E-state index in [1.165, 1.54) is 12.1 Å². The molecule has 0 unspecified atom stereocenters. The van der Waals surface area contributed by atoms with Gasteiger partial charge in [-0.1, -0.05) is 12.1 Å². The summed E-state index contributed by atoms with van der Waals surface area (Å²) >= 11 is 0. The number of rotatable bonds is 7. The fourth-order valence-electron chi connectivity index (χ4n) is 1.61. The SMILES string of the molecule is CNCCCNCCc1ccc(C(F)(F)F)cc1. The summed E-state index contributed by atoms with van der Waals surface area (Å²) in [6, 6.07) is 5.35. The van der Waals surface area contributed by atoms with Crippen LogP contribution >= 0.6 is 0 Å². The second kappa shape index (κ2) is 7.38. The summed E-state index contributed by atoms with van der Waals surface area (Å²) in [5.41, 5.74) is 0.331. The summed E-state index contributed by atoms with van der Waals surface area (Å²) in [5, 5.41) is 6.30. The van der Waals surface area contributed by atoms with Crippen LogP contribution in [-0.4, -0.2) is 26.7 Å². The molecule has 0 aliphatic rings. The van der Waals surface area contributed by atoms with Crippen molar-refractivity contribution in [2.45, 2.75) is 19.0 Å². The van der Waals surface area contributed by atoms with Crippen molar-refractivity contribution >= 4 is 0 Å². The van der Waals surface area contributed by atoms with Gasteiger partial charge >= 0.3 is 6.18 Å². The molecule has 1 rings (SSSR count). The molecule has 0 fully saturated rings. The Morgan fingerprint density at radius 2 is 1.67 bits per heavy atom. The summed E-state index contributed by atoms with van der Waals surface area (Å²) in [7, 11) is 1.90. The Bertz CT molecular complexity index is 333. The minimum Gasteiger partial charge on any atom is -0.320 e. The zero-order valence-corrected chi connectivity index (χ0v) is 10.5. The summed E-state index contributed by atoms with van der Waals surface area (Å²) in [5.74, 6) is 0. The largest absolute Gasteiger partial charge is 0.416 e. The quantitative estimate of drug-likeness (QED) is 0.736. The molecule has 18 heavy (non-hydrogen) atoms. The molecule has 102 valence electrons.